The highest BCUT2D eigenvalue weighted by molar-refractivity contribution is 5.91. The van der Waals surface area contributed by atoms with Gasteiger partial charge in [0.1, 0.15) is 0 Å². The summed E-state index contributed by atoms with van der Waals surface area (Å²) in [7, 11) is 4.52. The molecule has 0 N–H and O–H groups in total. The molecule has 164 valence electrons. The highest BCUT2D eigenvalue weighted by Gasteiger charge is 2.32. The van der Waals surface area contributed by atoms with Crippen LogP contribution < -0.4 is 4.90 Å². The van der Waals surface area contributed by atoms with Crippen LogP contribution in [0.4, 0.5) is 5.69 Å². The van der Waals surface area contributed by atoms with Crippen LogP contribution in [0.2, 0.25) is 0 Å². The van der Waals surface area contributed by atoms with E-state index in [9.17, 15) is 0 Å². The van der Waals surface area contributed by atoms with Gasteiger partial charge in [-0.3, -0.25) is 14.9 Å². The standard InChI is InChI=1S/C28H32N4/c1-20-15-16-22-10-8-14-27(28(22)29-20)32(3)26-13-7-6-12-25(26)31(2)19-23-18-17-21-9-4-5-11-24(21)30-23/h4-5,8-11,14-18,25-26H,6-7,12-13,19H2,1-3H3/t25-,26-/m1/s1. The van der Waals surface area contributed by atoms with Crippen molar-refractivity contribution < 1.29 is 0 Å². The zero-order valence-electron chi connectivity index (χ0n) is 19.3. The minimum atomic E-state index is 0.460. The smallest absolute Gasteiger partial charge is 0.0938 e. The van der Waals surface area contributed by atoms with E-state index < -0.39 is 0 Å². The Bertz CT molecular complexity index is 1230. The van der Waals surface area contributed by atoms with Crippen LogP contribution in [-0.2, 0) is 6.54 Å². The topological polar surface area (TPSA) is 32.3 Å². The molecule has 0 radical (unpaired) electrons. The van der Waals surface area contributed by atoms with E-state index in [1.165, 1.54) is 42.1 Å². The van der Waals surface area contributed by atoms with Gasteiger partial charge in [0.25, 0.3) is 0 Å². The maximum Gasteiger partial charge on any atom is 0.0938 e. The molecule has 1 fully saturated rings. The van der Waals surface area contributed by atoms with Crippen molar-refractivity contribution in [1.82, 2.24) is 14.9 Å². The van der Waals surface area contributed by atoms with Crippen LogP contribution in [0, 0.1) is 6.92 Å². The number of fused-ring (bicyclic) bond motifs is 2. The van der Waals surface area contributed by atoms with E-state index in [0.29, 0.717) is 12.1 Å². The number of hydrogen-bond acceptors (Lipinski definition) is 4. The van der Waals surface area contributed by atoms with Gasteiger partial charge in [0, 0.05) is 42.1 Å². The number of hydrogen-bond donors (Lipinski definition) is 0. The van der Waals surface area contributed by atoms with Crippen molar-refractivity contribution in [2.24, 2.45) is 0 Å². The molecule has 0 saturated heterocycles. The Morgan fingerprint density at radius 2 is 1.53 bits per heavy atom. The third-order valence-electron chi connectivity index (χ3n) is 7.04. The molecule has 5 rings (SSSR count). The second-order valence-electron chi connectivity index (χ2n) is 9.24. The molecule has 2 aromatic carbocycles. The first kappa shape index (κ1) is 20.9. The lowest BCUT2D eigenvalue weighted by Crippen LogP contribution is -2.51. The molecule has 0 aliphatic heterocycles. The molecular formula is C28H32N4. The van der Waals surface area contributed by atoms with Crippen LogP contribution in [0.1, 0.15) is 37.1 Å². The van der Waals surface area contributed by atoms with Gasteiger partial charge >= 0.3 is 0 Å². The normalized spacial score (nSPS) is 19.0. The molecule has 1 aliphatic carbocycles. The summed E-state index contributed by atoms with van der Waals surface area (Å²) in [5, 5.41) is 2.41. The summed E-state index contributed by atoms with van der Waals surface area (Å²) in [6.45, 7) is 2.94. The predicted molar refractivity (Wildman–Crippen MR) is 134 cm³/mol. The SMILES string of the molecule is Cc1ccc2cccc(N(C)[C@@H]3CCCC[C@H]3N(C)Cc3ccc4ccccc4n3)c2n1. The van der Waals surface area contributed by atoms with E-state index in [0.717, 1.165) is 29.0 Å². The molecule has 2 heterocycles. The fourth-order valence-electron chi connectivity index (χ4n) is 5.32. The van der Waals surface area contributed by atoms with Crippen molar-refractivity contribution in [3.63, 3.8) is 0 Å². The molecule has 2 aromatic heterocycles. The molecule has 32 heavy (non-hydrogen) atoms. The zero-order valence-corrected chi connectivity index (χ0v) is 19.3. The van der Waals surface area contributed by atoms with Gasteiger partial charge in [0.15, 0.2) is 0 Å². The maximum absolute atomic E-state index is 4.92. The highest BCUT2D eigenvalue weighted by Crippen LogP contribution is 2.33. The second kappa shape index (κ2) is 8.87. The lowest BCUT2D eigenvalue weighted by Gasteiger charge is -2.43. The van der Waals surface area contributed by atoms with Gasteiger partial charge in [0.2, 0.25) is 0 Å². The van der Waals surface area contributed by atoms with Gasteiger partial charge in [-0.15, -0.1) is 0 Å². The summed E-state index contributed by atoms with van der Waals surface area (Å²) >= 11 is 0. The Morgan fingerprint density at radius 3 is 2.41 bits per heavy atom. The van der Waals surface area contributed by atoms with Gasteiger partial charge < -0.3 is 4.90 Å². The van der Waals surface area contributed by atoms with Crippen molar-refractivity contribution in [2.75, 3.05) is 19.0 Å². The largest absolute Gasteiger partial charge is 0.368 e. The summed E-state index contributed by atoms with van der Waals surface area (Å²) < 4.78 is 0. The number of para-hydroxylation sites is 2. The molecule has 0 spiro atoms. The highest BCUT2D eigenvalue weighted by atomic mass is 15.2. The monoisotopic (exact) mass is 424 g/mol. The van der Waals surface area contributed by atoms with Crippen LogP contribution in [0.3, 0.4) is 0 Å². The van der Waals surface area contributed by atoms with Crippen LogP contribution in [0.25, 0.3) is 21.8 Å². The molecule has 0 amide bonds. The van der Waals surface area contributed by atoms with Crippen LogP contribution >= 0.6 is 0 Å². The summed E-state index contributed by atoms with van der Waals surface area (Å²) in [6.07, 6.45) is 5.00. The minimum Gasteiger partial charge on any atom is -0.368 e. The average molecular weight is 425 g/mol. The molecule has 0 unspecified atom stereocenters. The second-order valence-corrected chi connectivity index (χ2v) is 9.24. The first-order valence-electron chi connectivity index (χ1n) is 11.7. The summed E-state index contributed by atoms with van der Waals surface area (Å²) in [4.78, 5) is 14.8. The van der Waals surface area contributed by atoms with Gasteiger partial charge in [-0.2, -0.15) is 0 Å². The summed E-state index contributed by atoms with van der Waals surface area (Å²) in [6, 6.07) is 24.5. The molecule has 1 aliphatic rings. The van der Waals surface area contributed by atoms with Crippen molar-refractivity contribution in [3.05, 3.63) is 78.1 Å². The van der Waals surface area contributed by atoms with Crippen molar-refractivity contribution in [1.29, 1.82) is 0 Å². The van der Waals surface area contributed by atoms with E-state index in [4.69, 9.17) is 9.97 Å². The summed E-state index contributed by atoms with van der Waals surface area (Å²) in [5.41, 5.74) is 5.63. The zero-order chi connectivity index (χ0) is 22.1. The van der Waals surface area contributed by atoms with E-state index in [1.807, 2.05) is 0 Å². The predicted octanol–water partition coefficient (Wildman–Crippen LogP) is 5.97. The number of aryl methyl sites for hydroxylation is 1. The minimum absolute atomic E-state index is 0.460. The molecule has 4 aromatic rings. The first-order valence-corrected chi connectivity index (χ1v) is 11.7. The number of pyridine rings is 2. The van der Waals surface area contributed by atoms with Crippen molar-refractivity contribution in [2.45, 2.75) is 51.2 Å². The van der Waals surface area contributed by atoms with Crippen LogP contribution in [-0.4, -0.2) is 41.0 Å². The molecule has 4 heteroatoms. The van der Waals surface area contributed by atoms with E-state index in [1.54, 1.807) is 0 Å². The van der Waals surface area contributed by atoms with Gasteiger partial charge in [0.05, 0.1) is 22.4 Å². The molecule has 4 nitrogen and oxygen atoms in total. The fraction of sp³-hybridized carbons (Fsp3) is 0.357. The van der Waals surface area contributed by atoms with Crippen LogP contribution in [0.5, 0.6) is 0 Å². The number of anilines is 1. The average Bonchev–Trinajstić information content (AvgIpc) is 2.83. The molecule has 0 bridgehead atoms. The van der Waals surface area contributed by atoms with E-state index in [-0.39, 0.29) is 0 Å². The third-order valence-corrected chi connectivity index (χ3v) is 7.04. The maximum atomic E-state index is 4.92. The lowest BCUT2D eigenvalue weighted by atomic mass is 9.88. The Labute approximate surface area is 190 Å². The number of rotatable bonds is 5. The number of nitrogens with zero attached hydrogens (tertiary/aromatic N) is 4. The molecule has 2 atom stereocenters. The van der Waals surface area contributed by atoms with Crippen molar-refractivity contribution >= 4 is 27.5 Å². The van der Waals surface area contributed by atoms with Crippen molar-refractivity contribution in [3.8, 4) is 0 Å². The Balaban J connectivity index is 1.41. The van der Waals surface area contributed by atoms with E-state index >= 15 is 0 Å². The Hall–Kier alpha value is -2.98. The van der Waals surface area contributed by atoms with Gasteiger partial charge in [-0.1, -0.05) is 55.3 Å². The third kappa shape index (κ3) is 4.07. The quantitative estimate of drug-likeness (QED) is 0.395. The number of likely N-dealkylation sites (N-methyl/N-ethyl adjacent to an activating group) is 2. The Kier molecular flexibility index (Phi) is 5.79. The fourth-order valence-corrected chi connectivity index (χ4v) is 5.32. The Morgan fingerprint density at radius 1 is 0.781 bits per heavy atom. The van der Waals surface area contributed by atoms with Gasteiger partial charge in [-0.25, -0.2) is 0 Å². The molecular weight excluding hydrogens is 392 g/mol. The summed E-state index contributed by atoms with van der Waals surface area (Å²) in [5.74, 6) is 0. The number of aromatic nitrogens is 2. The molecule has 1 saturated carbocycles. The lowest BCUT2D eigenvalue weighted by molar-refractivity contribution is 0.158. The van der Waals surface area contributed by atoms with E-state index in [2.05, 4.69) is 97.5 Å². The number of benzene rings is 2. The van der Waals surface area contributed by atoms with Crippen LogP contribution in [0.15, 0.2) is 66.7 Å². The van der Waals surface area contributed by atoms with Gasteiger partial charge in [-0.05, 0) is 51.1 Å². The first-order chi connectivity index (χ1) is 15.6.